The van der Waals surface area contributed by atoms with E-state index in [1.165, 1.54) is 0 Å². The fourth-order valence-corrected chi connectivity index (χ4v) is 8.02. The predicted molar refractivity (Wildman–Crippen MR) is 255 cm³/mol. The largest absolute Gasteiger partial charge is 0.493 e. The van der Waals surface area contributed by atoms with Crippen LogP contribution < -0.4 is 41.0 Å². The van der Waals surface area contributed by atoms with Crippen LogP contribution >= 0.6 is 0 Å². The van der Waals surface area contributed by atoms with Gasteiger partial charge >= 0.3 is 0 Å². The van der Waals surface area contributed by atoms with Crippen molar-refractivity contribution in [2.75, 3.05) is 61.6 Å². The number of nitrogens with two attached hydrogens (primary N) is 2. The zero-order valence-corrected chi connectivity index (χ0v) is 38.1. The van der Waals surface area contributed by atoms with E-state index < -0.39 is 0 Å². The third-order valence-corrected chi connectivity index (χ3v) is 10.7. The third-order valence-electron chi connectivity index (χ3n) is 10.7. The third kappa shape index (κ3) is 10.7. The molecule has 336 valence electrons. The molecule has 0 unspecified atom stereocenters. The number of nitrogen functional groups attached to an aromatic ring is 2. The number of rotatable bonds is 18. The minimum Gasteiger partial charge on any atom is -0.493 e. The summed E-state index contributed by atoms with van der Waals surface area (Å²) in [6.07, 6.45) is 5.39. The van der Waals surface area contributed by atoms with Crippen molar-refractivity contribution in [3.8, 4) is 45.8 Å². The maximum absolute atomic E-state index is 6.78. The fourth-order valence-electron chi connectivity index (χ4n) is 8.02. The Bertz CT molecular complexity index is 2280. The van der Waals surface area contributed by atoms with Crippen LogP contribution in [0.15, 0.2) is 60.7 Å². The lowest BCUT2D eigenvalue weighted by molar-refractivity contribution is 0.304. The lowest BCUT2D eigenvalue weighted by Gasteiger charge is -2.23. The molecule has 2 aromatic heterocycles. The van der Waals surface area contributed by atoms with Crippen LogP contribution in [0.1, 0.15) is 112 Å². The maximum Gasteiger partial charge on any atom is 0.228 e. The first-order chi connectivity index (χ1) is 31.2. The van der Waals surface area contributed by atoms with Gasteiger partial charge in [-0.05, 0) is 108 Å². The molecule has 0 aliphatic heterocycles. The monoisotopic (exact) mass is 866 g/mol. The molecule has 64 heavy (non-hydrogen) atoms. The van der Waals surface area contributed by atoms with Gasteiger partial charge in [-0.15, -0.1) is 0 Å². The number of nitrogens with zero attached hydrogens (tertiary/aromatic N) is 6. The van der Waals surface area contributed by atoms with Gasteiger partial charge in [0.25, 0.3) is 0 Å². The first kappa shape index (κ1) is 45.3. The van der Waals surface area contributed by atoms with Crippen LogP contribution in [0, 0.1) is 0 Å². The molecular weight excluding hydrogens is 805 g/mol. The summed E-state index contributed by atoms with van der Waals surface area (Å²) in [7, 11) is 0. The molecule has 1 aliphatic carbocycles. The van der Waals surface area contributed by atoms with Gasteiger partial charge in [0.05, 0.1) is 26.4 Å². The van der Waals surface area contributed by atoms with Crippen molar-refractivity contribution in [3.05, 3.63) is 105 Å². The van der Waals surface area contributed by atoms with E-state index in [4.69, 9.17) is 40.4 Å². The molecule has 0 atom stereocenters. The van der Waals surface area contributed by atoms with Crippen LogP contribution in [0.3, 0.4) is 0 Å². The lowest BCUT2D eigenvalue weighted by Crippen LogP contribution is -2.11. The molecule has 0 spiro atoms. The highest BCUT2D eigenvalue weighted by atomic mass is 16.5. The molecule has 0 radical (unpaired) electrons. The Morgan fingerprint density at radius 2 is 0.719 bits per heavy atom. The Balaban J connectivity index is 1.53. The van der Waals surface area contributed by atoms with E-state index in [2.05, 4.69) is 119 Å². The quantitative estimate of drug-likeness (QED) is 0.0638. The minimum absolute atomic E-state index is 0.140. The van der Waals surface area contributed by atoms with Gasteiger partial charge in [0, 0.05) is 49.9 Å². The van der Waals surface area contributed by atoms with Crippen LogP contribution in [-0.2, 0) is 25.7 Å². The highest BCUT2D eigenvalue weighted by molar-refractivity contribution is 5.68. The van der Waals surface area contributed by atoms with E-state index >= 15 is 0 Å². The number of nitrogens with one attached hydrogen (secondary N) is 2. The van der Waals surface area contributed by atoms with E-state index in [-0.39, 0.29) is 11.9 Å². The van der Waals surface area contributed by atoms with Gasteiger partial charge in [-0.3, -0.25) is 0 Å². The first-order valence-corrected chi connectivity index (χ1v) is 22.8. The fraction of sp³-hybridized carbons (Fsp3) is 0.400. The van der Waals surface area contributed by atoms with E-state index in [9.17, 15) is 0 Å². The Morgan fingerprint density at radius 1 is 0.422 bits per heavy atom. The molecule has 1 aliphatic rings. The molecule has 14 heteroatoms. The summed E-state index contributed by atoms with van der Waals surface area (Å²) in [5.74, 6) is 5.38. The molecule has 6 aromatic rings. The molecule has 0 saturated carbocycles. The van der Waals surface area contributed by atoms with Crippen LogP contribution in [0.2, 0.25) is 0 Å². The van der Waals surface area contributed by atoms with E-state index in [1.54, 1.807) is 0 Å². The number of anilines is 4. The Hall–Kier alpha value is -6.70. The van der Waals surface area contributed by atoms with Crippen molar-refractivity contribution in [3.63, 3.8) is 0 Å². The SMILES string of the molecule is CCCOc1c2cccc1Cc1cc(-c3nc(N)nc(NCC)n3)cc(c1OCCC)Cc1cccc(c1OCCC)Cc1cc(-c3nc(N)nc(NCC)n3)cc(c1OCCC)C2. The van der Waals surface area contributed by atoms with Gasteiger partial charge in [0.1, 0.15) is 23.0 Å². The number of benzene rings is 4. The minimum atomic E-state index is 0.140. The second-order valence-electron chi connectivity index (χ2n) is 15.9. The number of ether oxygens (including phenoxy) is 4. The van der Waals surface area contributed by atoms with Crippen LogP contribution in [0.5, 0.6) is 23.0 Å². The molecule has 14 nitrogen and oxygen atoms in total. The summed E-state index contributed by atoms with van der Waals surface area (Å²) in [5, 5.41) is 6.42. The number of aromatic nitrogens is 6. The van der Waals surface area contributed by atoms with Gasteiger partial charge in [-0.1, -0.05) is 64.1 Å². The summed E-state index contributed by atoms with van der Waals surface area (Å²) in [6, 6.07) is 21.3. The number of hydrogen-bond acceptors (Lipinski definition) is 14. The normalized spacial score (nSPS) is 12.1. The van der Waals surface area contributed by atoms with Crippen LogP contribution in [0.4, 0.5) is 23.8 Å². The molecule has 8 bridgehead atoms. The second-order valence-corrected chi connectivity index (χ2v) is 15.9. The van der Waals surface area contributed by atoms with Gasteiger partial charge in [0.2, 0.25) is 23.8 Å². The lowest BCUT2D eigenvalue weighted by atomic mass is 9.89. The van der Waals surface area contributed by atoms with Gasteiger partial charge in [0.15, 0.2) is 11.6 Å². The average Bonchev–Trinajstić information content (AvgIpc) is 3.27. The second kappa shape index (κ2) is 21.6. The van der Waals surface area contributed by atoms with Crippen molar-refractivity contribution in [2.45, 2.75) is 92.9 Å². The van der Waals surface area contributed by atoms with Crippen LogP contribution in [0.25, 0.3) is 22.8 Å². The molecule has 4 aromatic carbocycles. The zero-order chi connectivity index (χ0) is 45.0. The van der Waals surface area contributed by atoms with Crippen molar-refractivity contribution in [2.24, 2.45) is 0 Å². The zero-order valence-electron chi connectivity index (χ0n) is 38.1. The average molecular weight is 867 g/mol. The molecule has 0 amide bonds. The van der Waals surface area contributed by atoms with E-state index in [0.29, 0.717) is 88.7 Å². The standard InChI is InChI=1S/C50H62N10O4/c1-7-19-61-41-31-15-13-16-32(41)24-36-28-40(46-56-48(52)60-50(58-46)54-12-6)30-38(44(36)64-22-10-4)26-34-18-14-17-33(42(34)62-20-8-2)25-37-29-39(27-35(23-31)43(37)63-21-9-3)45-55-47(51)59-49(57-45)53-11-5/h13-18,27-30H,7-12,19-26H2,1-6H3,(H3,51,53,55,57,59)(H3,52,54,56,58,60). The summed E-state index contributed by atoms with van der Waals surface area (Å²) >= 11 is 0. The molecular formula is C50H62N10O4. The van der Waals surface area contributed by atoms with Crippen molar-refractivity contribution < 1.29 is 18.9 Å². The first-order valence-electron chi connectivity index (χ1n) is 22.8. The molecule has 0 fully saturated rings. The van der Waals surface area contributed by atoms with E-state index in [1.807, 2.05) is 13.8 Å². The molecule has 7 rings (SSSR count). The van der Waals surface area contributed by atoms with Crippen molar-refractivity contribution >= 4 is 23.8 Å². The number of fused-ring (bicyclic) bond motifs is 8. The topological polar surface area (TPSA) is 190 Å². The highest BCUT2D eigenvalue weighted by Gasteiger charge is 2.25. The summed E-state index contributed by atoms with van der Waals surface area (Å²) in [6.45, 7) is 15.9. The van der Waals surface area contributed by atoms with Crippen molar-refractivity contribution in [1.29, 1.82) is 0 Å². The Morgan fingerprint density at radius 3 is 1.00 bits per heavy atom. The number of para-hydroxylation sites is 2. The molecule has 2 heterocycles. The van der Waals surface area contributed by atoms with Gasteiger partial charge in [-0.25, -0.2) is 0 Å². The summed E-state index contributed by atoms with van der Waals surface area (Å²) < 4.78 is 27.1. The molecule has 6 N–H and O–H groups in total. The Kier molecular flexibility index (Phi) is 15.3. The summed E-state index contributed by atoms with van der Waals surface area (Å²) in [4.78, 5) is 27.6. The van der Waals surface area contributed by atoms with Gasteiger partial charge < -0.3 is 41.0 Å². The summed E-state index contributed by atoms with van der Waals surface area (Å²) in [5.41, 5.74) is 22.2. The smallest absolute Gasteiger partial charge is 0.228 e. The Labute approximate surface area is 377 Å². The highest BCUT2D eigenvalue weighted by Crippen LogP contribution is 2.42. The van der Waals surface area contributed by atoms with Crippen molar-refractivity contribution in [1.82, 2.24) is 29.9 Å². The van der Waals surface area contributed by atoms with Gasteiger partial charge in [-0.2, -0.15) is 29.9 Å². The number of hydrogen-bond donors (Lipinski definition) is 4. The van der Waals surface area contributed by atoms with E-state index in [0.717, 1.165) is 104 Å². The predicted octanol–water partition coefficient (Wildman–Crippen LogP) is 9.25. The molecule has 0 saturated heterocycles. The maximum atomic E-state index is 6.78. The van der Waals surface area contributed by atoms with Crippen LogP contribution in [-0.4, -0.2) is 69.4 Å².